The number of amides is 1. The van der Waals surface area contributed by atoms with Crippen molar-refractivity contribution in [3.8, 4) is 0 Å². The molecule has 1 N–H and O–H groups in total. The summed E-state index contributed by atoms with van der Waals surface area (Å²) in [6.45, 7) is 6.59. The number of rotatable bonds is 3. The zero-order valence-electron chi connectivity index (χ0n) is 13.4. The molecule has 3 rings (SSSR count). The maximum atomic E-state index is 12.7. The van der Waals surface area contributed by atoms with Crippen LogP contribution in [-0.2, 0) is 11.2 Å². The highest BCUT2D eigenvalue weighted by Gasteiger charge is 2.30. The van der Waals surface area contributed by atoms with Gasteiger partial charge in [0, 0.05) is 17.4 Å². The van der Waals surface area contributed by atoms with Crippen LogP contribution in [-0.4, -0.2) is 18.5 Å². The van der Waals surface area contributed by atoms with Gasteiger partial charge in [0.2, 0.25) is 5.91 Å². The molecule has 1 atom stereocenters. The molecule has 3 nitrogen and oxygen atoms in total. The molecule has 0 fully saturated rings. The van der Waals surface area contributed by atoms with Gasteiger partial charge in [-0.05, 0) is 56.0 Å². The van der Waals surface area contributed by atoms with E-state index in [9.17, 15) is 4.79 Å². The first kappa shape index (κ1) is 14.6. The molecule has 0 saturated carbocycles. The number of aryl methyl sites for hydroxylation is 1. The summed E-state index contributed by atoms with van der Waals surface area (Å²) in [7, 11) is 0. The van der Waals surface area contributed by atoms with Gasteiger partial charge in [0.15, 0.2) is 0 Å². The first-order valence-corrected chi connectivity index (χ1v) is 7.78. The van der Waals surface area contributed by atoms with Crippen molar-refractivity contribution in [3.63, 3.8) is 0 Å². The van der Waals surface area contributed by atoms with E-state index in [1.807, 2.05) is 35.2 Å². The van der Waals surface area contributed by atoms with Crippen LogP contribution in [0.2, 0.25) is 0 Å². The van der Waals surface area contributed by atoms with Crippen LogP contribution in [0.3, 0.4) is 0 Å². The molecule has 0 aliphatic carbocycles. The summed E-state index contributed by atoms with van der Waals surface area (Å²) in [5.41, 5.74) is 5.79. The van der Waals surface area contributed by atoms with E-state index in [-0.39, 0.29) is 11.9 Å². The van der Waals surface area contributed by atoms with Crippen LogP contribution in [0.5, 0.6) is 0 Å². The molecule has 0 radical (unpaired) electrons. The summed E-state index contributed by atoms with van der Waals surface area (Å²) < 4.78 is 0. The molecular weight excluding hydrogens is 272 g/mol. The fraction of sp³-hybridized carbons (Fsp3) is 0.316. The molecule has 0 unspecified atom stereocenters. The van der Waals surface area contributed by atoms with Crippen LogP contribution in [0, 0.1) is 13.8 Å². The third-order valence-electron chi connectivity index (χ3n) is 4.51. The molecule has 0 saturated heterocycles. The van der Waals surface area contributed by atoms with Crippen molar-refractivity contribution in [1.82, 2.24) is 0 Å². The minimum atomic E-state index is 0.123. The zero-order chi connectivity index (χ0) is 15.7. The van der Waals surface area contributed by atoms with Gasteiger partial charge in [-0.2, -0.15) is 0 Å². The Morgan fingerprint density at radius 1 is 1.18 bits per heavy atom. The standard InChI is InChI=1S/C19H22N2O/c1-13-7-6-9-17(15(13)3)20-12-19(22)21-14(2)11-16-8-4-5-10-18(16)21/h4-10,14,20H,11-12H2,1-3H3/t14-/m0/s1. The van der Waals surface area contributed by atoms with E-state index in [4.69, 9.17) is 0 Å². The second-order valence-corrected chi connectivity index (χ2v) is 6.05. The molecule has 2 aromatic carbocycles. The minimum absolute atomic E-state index is 0.123. The van der Waals surface area contributed by atoms with Crippen LogP contribution in [0.25, 0.3) is 0 Å². The summed E-state index contributed by atoms with van der Waals surface area (Å²) in [6.07, 6.45) is 0.936. The number of hydrogen-bond donors (Lipinski definition) is 1. The van der Waals surface area contributed by atoms with Crippen LogP contribution < -0.4 is 10.2 Å². The Hall–Kier alpha value is -2.29. The van der Waals surface area contributed by atoms with Crippen LogP contribution in [0.4, 0.5) is 11.4 Å². The van der Waals surface area contributed by atoms with Gasteiger partial charge in [-0.1, -0.05) is 30.3 Å². The number of carbonyl (C=O) groups is 1. The Morgan fingerprint density at radius 2 is 1.95 bits per heavy atom. The predicted molar refractivity (Wildman–Crippen MR) is 91.5 cm³/mol. The van der Waals surface area contributed by atoms with Crippen LogP contribution >= 0.6 is 0 Å². The molecular formula is C19H22N2O. The van der Waals surface area contributed by atoms with E-state index in [0.717, 1.165) is 17.8 Å². The lowest BCUT2D eigenvalue weighted by atomic mass is 10.1. The third-order valence-corrected chi connectivity index (χ3v) is 4.51. The normalized spacial score (nSPS) is 16.5. The summed E-state index contributed by atoms with van der Waals surface area (Å²) in [5.74, 6) is 0.123. The monoisotopic (exact) mass is 294 g/mol. The second-order valence-electron chi connectivity index (χ2n) is 6.05. The van der Waals surface area contributed by atoms with E-state index in [1.54, 1.807) is 0 Å². The fourth-order valence-electron chi connectivity index (χ4n) is 3.14. The summed E-state index contributed by atoms with van der Waals surface area (Å²) >= 11 is 0. The Bertz CT molecular complexity index is 708. The van der Waals surface area contributed by atoms with E-state index in [2.05, 4.69) is 38.2 Å². The molecule has 0 spiro atoms. The molecule has 1 aliphatic heterocycles. The zero-order valence-corrected chi connectivity index (χ0v) is 13.4. The smallest absolute Gasteiger partial charge is 0.246 e. The average Bonchev–Trinajstić information content (AvgIpc) is 2.84. The fourth-order valence-corrected chi connectivity index (χ4v) is 3.14. The summed E-state index contributed by atoms with van der Waals surface area (Å²) in [6, 6.07) is 14.5. The highest BCUT2D eigenvalue weighted by Crippen LogP contribution is 2.31. The second kappa shape index (κ2) is 5.84. The summed E-state index contributed by atoms with van der Waals surface area (Å²) in [5, 5.41) is 3.29. The number of fused-ring (bicyclic) bond motifs is 1. The Balaban J connectivity index is 1.74. The lowest BCUT2D eigenvalue weighted by molar-refractivity contribution is -0.117. The van der Waals surface area contributed by atoms with Gasteiger partial charge in [-0.3, -0.25) is 4.79 Å². The molecule has 1 aliphatic rings. The Morgan fingerprint density at radius 3 is 2.77 bits per heavy atom. The van der Waals surface area contributed by atoms with Crippen molar-refractivity contribution < 1.29 is 4.79 Å². The van der Waals surface area contributed by atoms with E-state index in [0.29, 0.717) is 6.54 Å². The topological polar surface area (TPSA) is 32.3 Å². The maximum absolute atomic E-state index is 12.7. The van der Waals surface area contributed by atoms with Gasteiger partial charge in [-0.25, -0.2) is 0 Å². The van der Waals surface area contributed by atoms with Gasteiger partial charge < -0.3 is 10.2 Å². The Kier molecular flexibility index (Phi) is 3.88. The molecule has 3 heteroatoms. The van der Waals surface area contributed by atoms with E-state index < -0.39 is 0 Å². The van der Waals surface area contributed by atoms with Crippen molar-refractivity contribution in [1.29, 1.82) is 0 Å². The van der Waals surface area contributed by atoms with Crippen molar-refractivity contribution in [2.24, 2.45) is 0 Å². The van der Waals surface area contributed by atoms with Crippen molar-refractivity contribution in [2.45, 2.75) is 33.2 Å². The van der Waals surface area contributed by atoms with Gasteiger partial charge in [0.25, 0.3) is 0 Å². The molecule has 2 aromatic rings. The van der Waals surface area contributed by atoms with Gasteiger partial charge in [-0.15, -0.1) is 0 Å². The quantitative estimate of drug-likeness (QED) is 0.936. The first-order chi connectivity index (χ1) is 10.6. The van der Waals surface area contributed by atoms with Crippen LogP contribution in [0.1, 0.15) is 23.6 Å². The predicted octanol–water partition coefficient (Wildman–Crippen LogP) is 3.69. The number of anilines is 2. The average molecular weight is 294 g/mol. The van der Waals surface area contributed by atoms with Crippen molar-refractivity contribution in [3.05, 3.63) is 59.2 Å². The number of para-hydroxylation sites is 1. The summed E-state index contributed by atoms with van der Waals surface area (Å²) in [4.78, 5) is 14.6. The molecule has 22 heavy (non-hydrogen) atoms. The highest BCUT2D eigenvalue weighted by molar-refractivity contribution is 5.98. The number of benzene rings is 2. The lowest BCUT2D eigenvalue weighted by Crippen LogP contribution is -2.39. The molecule has 0 bridgehead atoms. The van der Waals surface area contributed by atoms with Gasteiger partial charge in [0.05, 0.1) is 6.54 Å². The lowest BCUT2D eigenvalue weighted by Gasteiger charge is -2.23. The molecule has 1 heterocycles. The Labute approximate surface area is 132 Å². The van der Waals surface area contributed by atoms with Gasteiger partial charge >= 0.3 is 0 Å². The largest absolute Gasteiger partial charge is 0.376 e. The number of nitrogens with zero attached hydrogens (tertiary/aromatic N) is 1. The molecule has 1 amide bonds. The number of nitrogens with one attached hydrogen (secondary N) is 1. The number of hydrogen-bond acceptors (Lipinski definition) is 2. The highest BCUT2D eigenvalue weighted by atomic mass is 16.2. The third kappa shape index (κ3) is 2.59. The molecule has 114 valence electrons. The van der Waals surface area contributed by atoms with Gasteiger partial charge in [0.1, 0.15) is 0 Å². The SMILES string of the molecule is Cc1cccc(NCC(=O)N2c3ccccc3C[C@@H]2C)c1C. The number of carbonyl (C=O) groups excluding carboxylic acids is 1. The maximum Gasteiger partial charge on any atom is 0.246 e. The molecule has 0 aromatic heterocycles. The van der Waals surface area contributed by atoms with Crippen molar-refractivity contribution in [2.75, 3.05) is 16.8 Å². The van der Waals surface area contributed by atoms with E-state index >= 15 is 0 Å². The van der Waals surface area contributed by atoms with Crippen molar-refractivity contribution >= 4 is 17.3 Å². The van der Waals surface area contributed by atoms with E-state index in [1.165, 1.54) is 16.7 Å². The minimum Gasteiger partial charge on any atom is -0.376 e. The first-order valence-electron chi connectivity index (χ1n) is 7.78. The van der Waals surface area contributed by atoms with Crippen LogP contribution in [0.15, 0.2) is 42.5 Å².